The van der Waals surface area contributed by atoms with Crippen molar-refractivity contribution >= 4 is 28.2 Å². The Balaban J connectivity index is 2.53. The first-order chi connectivity index (χ1) is 12.2. The van der Waals surface area contributed by atoms with Crippen LogP contribution in [-0.2, 0) is 4.74 Å². The van der Waals surface area contributed by atoms with Crippen LogP contribution in [-0.4, -0.2) is 28.2 Å². The molecule has 0 aliphatic heterocycles. The van der Waals surface area contributed by atoms with E-state index in [2.05, 4.69) is 0 Å². The van der Waals surface area contributed by atoms with E-state index in [-0.39, 0.29) is 24.1 Å². The lowest BCUT2D eigenvalue weighted by atomic mass is 10.0. The van der Waals surface area contributed by atoms with Crippen molar-refractivity contribution in [3.63, 3.8) is 0 Å². The molecule has 1 fully saturated rings. The third-order valence-electron chi connectivity index (χ3n) is 4.36. The van der Waals surface area contributed by atoms with Crippen LogP contribution in [0.2, 0.25) is 0 Å². The Morgan fingerprint density at radius 2 is 2.15 bits per heavy atom. The van der Waals surface area contributed by atoms with Crippen LogP contribution in [0.25, 0.3) is 10.9 Å². The van der Waals surface area contributed by atoms with Gasteiger partial charge in [0, 0.05) is 18.2 Å². The monoisotopic (exact) mass is 367 g/mol. The number of fused-ring (bicyclic) bond motifs is 1. The van der Waals surface area contributed by atoms with Gasteiger partial charge in [0.1, 0.15) is 22.8 Å². The maximum Gasteiger partial charge on any atom is 0.343 e. The molecule has 2 N–H and O–H groups in total. The summed E-state index contributed by atoms with van der Waals surface area (Å²) < 4.78 is 34.1. The first kappa shape index (κ1) is 17.8. The number of nitrogens with zero attached hydrogens (tertiary/aromatic N) is 2. The Labute approximate surface area is 145 Å². The molecule has 2 aromatic rings. The molecule has 0 spiro atoms. The van der Waals surface area contributed by atoms with Crippen molar-refractivity contribution in [1.29, 1.82) is 0 Å². The van der Waals surface area contributed by atoms with Crippen LogP contribution in [0, 0.1) is 22.9 Å². The van der Waals surface area contributed by atoms with Gasteiger partial charge < -0.3 is 15.0 Å². The smallest absolute Gasteiger partial charge is 0.343 e. The average molecular weight is 367 g/mol. The number of nitrogens with two attached hydrogens (primary N) is 1. The third-order valence-corrected chi connectivity index (χ3v) is 4.36. The minimum absolute atomic E-state index is 0.0296. The zero-order chi connectivity index (χ0) is 19.3. The predicted octanol–water partition coefficient (Wildman–Crippen LogP) is 2.40. The van der Waals surface area contributed by atoms with Gasteiger partial charge in [-0.25, -0.2) is 13.6 Å². The molecule has 138 valence electrons. The van der Waals surface area contributed by atoms with Crippen LogP contribution in [0.1, 0.15) is 35.3 Å². The van der Waals surface area contributed by atoms with Crippen molar-refractivity contribution in [1.82, 2.24) is 4.57 Å². The highest BCUT2D eigenvalue weighted by Gasteiger charge is 2.42. The fraction of sp³-hybridized carbons (Fsp3) is 0.375. The molecule has 2 atom stereocenters. The largest absolute Gasteiger partial charge is 0.462 e. The number of ether oxygens (including phenoxy) is 1. The van der Waals surface area contributed by atoms with Gasteiger partial charge in [-0.3, -0.25) is 14.9 Å². The SMILES string of the molecule is CCOC(=O)c1cn(C2CC2F)c2c(C)c(F)c(N)c([N+](=O)[O-])c2c1=O. The van der Waals surface area contributed by atoms with Crippen LogP contribution in [0.15, 0.2) is 11.0 Å². The molecule has 1 aliphatic rings. The molecule has 1 aliphatic carbocycles. The molecule has 0 radical (unpaired) electrons. The molecule has 26 heavy (non-hydrogen) atoms. The average Bonchev–Trinajstić information content (AvgIpc) is 3.30. The molecular weight excluding hydrogens is 352 g/mol. The van der Waals surface area contributed by atoms with Gasteiger partial charge in [0.25, 0.3) is 0 Å². The molecule has 2 unspecified atom stereocenters. The number of carbonyl (C=O) groups is 1. The Bertz CT molecular complexity index is 1020. The van der Waals surface area contributed by atoms with E-state index >= 15 is 0 Å². The Morgan fingerprint density at radius 1 is 1.54 bits per heavy atom. The number of anilines is 1. The number of nitro groups is 1. The van der Waals surface area contributed by atoms with Crippen molar-refractivity contribution in [2.45, 2.75) is 32.5 Å². The van der Waals surface area contributed by atoms with E-state index in [9.17, 15) is 28.5 Å². The molecule has 0 saturated heterocycles. The van der Waals surface area contributed by atoms with Gasteiger partial charge in [0.05, 0.1) is 23.1 Å². The van der Waals surface area contributed by atoms with Crippen molar-refractivity contribution in [2.75, 3.05) is 12.3 Å². The first-order valence-electron chi connectivity index (χ1n) is 7.82. The molecule has 1 aromatic carbocycles. The van der Waals surface area contributed by atoms with Gasteiger partial charge in [-0.1, -0.05) is 0 Å². The number of aryl methyl sites for hydroxylation is 1. The van der Waals surface area contributed by atoms with Gasteiger partial charge in [-0.15, -0.1) is 0 Å². The summed E-state index contributed by atoms with van der Waals surface area (Å²) >= 11 is 0. The van der Waals surface area contributed by atoms with E-state index in [1.807, 2.05) is 0 Å². The zero-order valence-electron chi connectivity index (χ0n) is 13.9. The zero-order valence-corrected chi connectivity index (χ0v) is 13.9. The quantitative estimate of drug-likeness (QED) is 0.384. The van der Waals surface area contributed by atoms with Crippen LogP contribution >= 0.6 is 0 Å². The van der Waals surface area contributed by atoms with Crippen LogP contribution < -0.4 is 11.2 Å². The number of benzene rings is 1. The molecule has 1 heterocycles. The van der Waals surface area contributed by atoms with Crippen molar-refractivity contribution in [3.8, 4) is 0 Å². The number of nitrogen functional groups attached to an aromatic ring is 1. The highest BCUT2D eigenvalue weighted by atomic mass is 19.1. The normalized spacial score (nSPS) is 18.8. The summed E-state index contributed by atoms with van der Waals surface area (Å²) in [6.45, 7) is 2.78. The van der Waals surface area contributed by atoms with E-state index in [1.165, 1.54) is 18.4 Å². The number of esters is 1. The summed E-state index contributed by atoms with van der Waals surface area (Å²) in [6.07, 6.45) is -0.117. The number of nitro benzene ring substituents is 1. The number of hydrogen-bond donors (Lipinski definition) is 1. The minimum Gasteiger partial charge on any atom is -0.462 e. The fourth-order valence-corrected chi connectivity index (χ4v) is 3.02. The van der Waals surface area contributed by atoms with Crippen molar-refractivity contribution in [2.24, 2.45) is 0 Å². The lowest BCUT2D eigenvalue weighted by molar-refractivity contribution is -0.382. The van der Waals surface area contributed by atoms with Gasteiger partial charge in [0.15, 0.2) is 5.82 Å². The number of aromatic nitrogens is 1. The minimum atomic E-state index is -1.27. The Hall–Kier alpha value is -3.04. The molecule has 0 bridgehead atoms. The number of pyridine rings is 1. The van der Waals surface area contributed by atoms with Gasteiger partial charge in [0.2, 0.25) is 5.43 Å². The predicted molar refractivity (Wildman–Crippen MR) is 88.5 cm³/mol. The van der Waals surface area contributed by atoms with Crippen LogP contribution in [0.4, 0.5) is 20.2 Å². The summed E-state index contributed by atoms with van der Waals surface area (Å²) in [5.74, 6) is -2.06. The van der Waals surface area contributed by atoms with E-state index in [0.717, 1.165) is 6.20 Å². The molecule has 0 amide bonds. The Morgan fingerprint density at radius 3 is 2.65 bits per heavy atom. The molecular formula is C16H15F2N3O5. The maximum absolute atomic E-state index is 14.4. The van der Waals surface area contributed by atoms with E-state index < -0.39 is 56.7 Å². The van der Waals surface area contributed by atoms with E-state index in [4.69, 9.17) is 10.5 Å². The molecule has 1 saturated carbocycles. The summed E-state index contributed by atoms with van der Waals surface area (Å²) in [5.41, 5.74) is 1.99. The second kappa shape index (κ2) is 6.04. The molecule has 8 nitrogen and oxygen atoms in total. The molecule has 3 rings (SSSR count). The van der Waals surface area contributed by atoms with Crippen molar-refractivity contribution < 1.29 is 23.2 Å². The first-order valence-corrected chi connectivity index (χ1v) is 7.82. The van der Waals surface area contributed by atoms with Gasteiger partial charge in [-0.05, 0) is 13.8 Å². The maximum atomic E-state index is 14.4. The van der Waals surface area contributed by atoms with Gasteiger partial charge in [-0.2, -0.15) is 0 Å². The number of rotatable bonds is 4. The second-order valence-electron chi connectivity index (χ2n) is 6.00. The van der Waals surface area contributed by atoms with Crippen LogP contribution in [0.5, 0.6) is 0 Å². The summed E-state index contributed by atoms with van der Waals surface area (Å²) in [4.78, 5) is 35.3. The lowest BCUT2D eigenvalue weighted by Crippen LogP contribution is -2.23. The van der Waals surface area contributed by atoms with Gasteiger partial charge >= 0.3 is 11.7 Å². The van der Waals surface area contributed by atoms with E-state index in [1.54, 1.807) is 0 Å². The summed E-state index contributed by atoms with van der Waals surface area (Å²) in [7, 11) is 0. The highest BCUT2D eigenvalue weighted by molar-refractivity contribution is 6.01. The van der Waals surface area contributed by atoms with E-state index in [0.29, 0.717) is 0 Å². The lowest BCUT2D eigenvalue weighted by Gasteiger charge is -2.16. The number of alkyl halides is 1. The standard InChI is InChI=1S/C16H15F2N3O5/c1-3-26-16(23)7-5-20(9-4-8(9)17)13-6(2)11(18)12(19)14(21(24)25)10(13)15(7)22/h5,8-9H,3-4,19H2,1-2H3. The molecule has 10 heteroatoms. The molecule has 1 aromatic heterocycles. The Kier molecular flexibility index (Phi) is 4.13. The number of halogens is 2. The van der Waals surface area contributed by atoms with Crippen LogP contribution in [0.3, 0.4) is 0 Å². The van der Waals surface area contributed by atoms with Crippen molar-refractivity contribution in [3.05, 3.63) is 43.5 Å². The topological polar surface area (TPSA) is 117 Å². The second-order valence-corrected chi connectivity index (χ2v) is 6.00. The number of hydrogen-bond acceptors (Lipinski definition) is 6. The highest BCUT2D eigenvalue weighted by Crippen LogP contribution is 2.43. The number of carbonyl (C=O) groups excluding carboxylic acids is 1. The summed E-state index contributed by atoms with van der Waals surface area (Å²) in [5, 5.41) is 10.9. The summed E-state index contributed by atoms with van der Waals surface area (Å²) in [6, 6.07) is -0.757. The fourth-order valence-electron chi connectivity index (χ4n) is 3.02. The third kappa shape index (κ3) is 2.49.